The minimum Gasteiger partial charge on any atom is -0.508 e. The molecule has 1 heterocycles. The molecule has 0 bridgehead atoms. The van der Waals surface area contributed by atoms with Gasteiger partial charge in [-0.15, -0.1) is 0 Å². The molecule has 0 aliphatic carbocycles. The number of amides is 1. The summed E-state index contributed by atoms with van der Waals surface area (Å²) in [5.41, 5.74) is 11.1. The van der Waals surface area contributed by atoms with Gasteiger partial charge in [0, 0.05) is 19.0 Å². The first-order valence-electron chi connectivity index (χ1n) is 8.94. The van der Waals surface area contributed by atoms with Gasteiger partial charge in [-0.3, -0.25) is 4.79 Å². The van der Waals surface area contributed by atoms with Crippen LogP contribution in [0.15, 0.2) is 30.3 Å². The number of benzene rings is 2. The number of carbonyl (C=O) groups is 1. The largest absolute Gasteiger partial charge is 0.508 e. The summed E-state index contributed by atoms with van der Waals surface area (Å²) >= 11 is 0. The molecule has 5 heteroatoms. The molecule has 0 radical (unpaired) electrons. The summed E-state index contributed by atoms with van der Waals surface area (Å²) in [7, 11) is 1.63. The molecule has 5 nitrogen and oxygen atoms in total. The summed E-state index contributed by atoms with van der Waals surface area (Å²) in [4.78, 5) is 14.9. The van der Waals surface area contributed by atoms with Gasteiger partial charge in [0.25, 0.3) is 0 Å². The van der Waals surface area contributed by atoms with Crippen LogP contribution in [0.2, 0.25) is 0 Å². The van der Waals surface area contributed by atoms with Crippen molar-refractivity contribution in [1.29, 1.82) is 0 Å². The van der Waals surface area contributed by atoms with Crippen LogP contribution in [0.25, 0.3) is 0 Å². The molecule has 2 aromatic rings. The zero-order chi connectivity index (χ0) is 18.8. The number of aromatic hydroxyl groups is 1. The van der Waals surface area contributed by atoms with Gasteiger partial charge in [-0.25, -0.2) is 0 Å². The molecule has 0 saturated carbocycles. The van der Waals surface area contributed by atoms with E-state index < -0.39 is 6.04 Å². The van der Waals surface area contributed by atoms with E-state index in [2.05, 4.69) is 0 Å². The highest BCUT2D eigenvalue weighted by Crippen LogP contribution is 2.37. The van der Waals surface area contributed by atoms with E-state index >= 15 is 0 Å². The van der Waals surface area contributed by atoms with Gasteiger partial charge in [0.2, 0.25) is 5.91 Å². The number of para-hydroxylation sites is 1. The summed E-state index contributed by atoms with van der Waals surface area (Å²) in [5, 5.41) is 9.72. The molecule has 0 aromatic heterocycles. The zero-order valence-corrected chi connectivity index (χ0v) is 15.6. The quantitative estimate of drug-likeness (QED) is 0.882. The lowest BCUT2D eigenvalue weighted by molar-refractivity contribution is -0.119. The average Bonchev–Trinajstić information content (AvgIpc) is 2.59. The number of aryl methyl sites for hydroxylation is 3. The summed E-state index contributed by atoms with van der Waals surface area (Å²) in [6, 6.07) is 8.85. The second-order valence-corrected chi connectivity index (χ2v) is 6.92. The molecule has 0 saturated heterocycles. The van der Waals surface area contributed by atoms with Crippen LogP contribution in [0.3, 0.4) is 0 Å². The van der Waals surface area contributed by atoms with Gasteiger partial charge in [-0.1, -0.05) is 12.1 Å². The second-order valence-electron chi connectivity index (χ2n) is 6.92. The minimum atomic E-state index is -0.414. The molecule has 2 aromatic carbocycles. The number of ether oxygens (including phenoxy) is 1. The normalized spacial score (nSPS) is 14.7. The van der Waals surface area contributed by atoms with E-state index in [1.807, 2.05) is 36.9 Å². The van der Waals surface area contributed by atoms with E-state index in [4.69, 9.17) is 10.5 Å². The molecule has 1 atom stereocenters. The Balaban J connectivity index is 1.86. The molecule has 3 N–H and O–H groups in total. The van der Waals surface area contributed by atoms with Crippen molar-refractivity contribution in [3.05, 3.63) is 52.6 Å². The average molecular weight is 354 g/mol. The summed E-state index contributed by atoms with van der Waals surface area (Å²) in [6.07, 6.45) is 2.08. The number of anilines is 1. The number of nitrogens with zero attached hydrogens (tertiary/aromatic N) is 1. The molecular formula is C21H26N2O3. The van der Waals surface area contributed by atoms with Gasteiger partial charge < -0.3 is 20.5 Å². The SMILES string of the molecule is COc1cccc2c1N(C(=O)CC(N)c1c(C)cc(O)cc1C)CCC2. The maximum Gasteiger partial charge on any atom is 0.229 e. The Labute approximate surface area is 154 Å². The highest BCUT2D eigenvalue weighted by molar-refractivity contribution is 5.96. The number of hydrogen-bond donors (Lipinski definition) is 2. The second kappa shape index (κ2) is 7.38. The van der Waals surface area contributed by atoms with Crippen LogP contribution in [-0.4, -0.2) is 24.7 Å². The van der Waals surface area contributed by atoms with Crippen molar-refractivity contribution in [3.8, 4) is 11.5 Å². The number of nitrogens with two attached hydrogens (primary N) is 1. The third kappa shape index (κ3) is 3.40. The number of carbonyl (C=O) groups excluding carboxylic acids is 1. The number of phenols is 1. The molecule has 0 fully saturated rings. The van der Waals surface area contributed by atoms with Gasteiger partial charge >= 0.3 is 0 Å². The Morgan fingerprint density at radius 1 is 1.31 bits per heavy atom. The predicted molar refractivity (Wildman–Crippen MR) is 103 cm³/mol. The van der Waals surface area contributed by atoms with E-state index in [1.54, 1.807) is 19.2 Å². The van der Waals surface area contributed by atoms with Gasteiger partial charge in [0.1, 0.15) is 11.5 Å². The standard InChI is InChI=1S/C21H26N2O3/c1-13-10-16(24)11-14(2)20(13)17(22)12-19(25)23-9-5-7-15-6-4-8-18(26-3)21(15)23/h4,6,8,10-11,17,24H,5,7,9,12,22H2,1-3H3. The molecule has 3 rings (SSSR count). The fourth-order valence-corrected chi connectivity index (χ4v) is 3.97. The van der Waals surface area contributed by atoms with Gasteiger partial charge in [0.05, 0.1) is 12.8 Å². The molecule has 1 aliphatic rings. The number of methoxy groups -OCH3 is 1. The van der Waals surface area contributed by atoms with E-state index in [0.29, 0.717) is 6.54 Å². The maximum absolute atomic E-state index is 13.0. The summed E-state index contributed by atoms with van der Waals surface area (Å²) < 4.78 is 5.48. The van der Waals surface area contributed by atoms with Crippen LogP contribution >= 0.6 is 0 Å². The molecule has 1 amide bonds. The Hall–Kier alpha value is -2.53. The van der Waals surface area contributed by atoms with Crippen LogP contribution < -0.4 is 15.4 Å². The van der Waals surface area contributed by atoms with Crippen molar-refractivity contribution in [1.82, 2.24) is 0 Å². The lowest BCUT2D eigenvalue weighted by atomic mass is 9.93. The van der Waals surface area contributed by atoms with Gasteiger partial charge in [-0.05, 0) is 67.1 Å². The molecule has 138 valence electrons. The Morgan fingerprint density at radius 3 is 2.65 bits per heavy atom. The van der Waals surface area contributed by atoms with Crippen molar-refractivity contribution in [2.24, 2.45) is 5.73 Å². The fourth-order valence-electron chi connectivity index (χ4n) is 3.97. The maximum atomic E-state index is 13.0. The van der Waals surface area contributed by atoms with Crippen molar-refractivity contribution in [2.75, 3.05) is 18.6 Å². The van der Waals surface area contributed by atoms with Crippen molar-refractivity contribution >= 4 is 11.6 Å². The monoisotopic (exact) mass is 354 g/mol. The lowest BCUT2D eigenvalue weighted by Crippen LogP contribution is -2.37. The first kappa shape index (κ1) is 18.3. The Morgan fingerprint density at radius 2 is 2.00 bits per heavy atom. The Kier molecular flexibility index (Phi) is 5.18. The summed E-state index contributed by atoms with van der Waals surface area (Å²) in [6.45, 7) is 4.49. The topological polar surface area (TPSA) is 75.8 Å². The van der Waals surface area contributed by atoms with E-state index in [1.165, 1.54) is 0 Å². The first-order valence-corrected chi connectivity index (χ1v) is 8.94. The molecule has 1 unspecified atom stereocenters. The van der Waals surface area contributed by atoms with Crippen LogP contribution in [0.1, 0.15) is 41.1 Å². The highest BCUT2D eigenvalue weighted by Gasteiger charge is 2.27. The third-order valence-electron chi connectivity index (χ3n) is 5.05. The van der Waals surface area contributed by atoms with Crippen LogP contribution in [0.4, 0.5) is 5.69 Å². The van der Waals surface area contributed by atoms with Crippen molar-refractivity contribution < 1.29 is 14.6 Å². The Bertz CT molecular complexity index is 795. The predicted octanol–water partition coefficient (Wildman–Crippen LogP) is 3.39. The fraction of sp³-hybridized carbons (Fsp3) is 0.381. The number of hydrogen-bond acceptors (Lipinski definition) is 4. The molecular weight excluding hydrogens is 328 g/mol. The van der Waals surface area contributed by atoms with E-state index in [9.17, 15) is 9.90 Å². The highest BCUT2D eigenvalue weighted by atomic mass is 16.5. The van der Waals surface area contributed by atoms with Gasteiger partial charge in [0.15, 0.2) is 0 Å². The molecule has 1 aliphatic heterocycles. The smallest absolute Gasteiger partial charge is 0.229 e. The van der Waals surface area contributed by atoms with Crippen LogP contribution in [0.5, 0.6) is 11.5 Å². The lowest BCUT2D eigenvalue weighted by Gasteiger charge is -2.32. The summed E-state index contributed by atoms with van der Waals surface area (Å²) in [5.74, 6) is 0.938. The first-order chi connectivity index (χ1) is 12.4. The van der Waals surface area contributed by atoms with Crippen molar-refractivity contribution in [3.63, 3.8) is 0 Å². The number of rotatable bonds is 4. The van der Waals surface area contributed by atoms with Crippen molar-refractivity contribution in [2.45, 2.75) is 39.2 Å². The zero-order valence-electron chi connectivity index (χ0n) is 15.6. The van der Waals surface area contributed by atoms with Gasteiger partial charge in [-0.2, -0.15) is 0 Å². The molecule has 0 spiro atoms. The van der Waals surface area contributed by atoms with E-state index in [0.717, 1.165) is 46.5 Å². The third-order valence-corrected chi connectivity index (χ3v) is 5.05. The minimum absolute atomic E-state index is 0.00479. The number of phenolic OH excluding ortho intramolecular Hbond substituents is 1. The van der Waals surface area contributed by atoms with Crippen LogP contribution in [0, 0.1) is 13.8 Å². The van der Waals surface area contributed by atoms with E-state index in [-0.39, 0.29) is 18.1 Å². The number of fused-ring (bicyclic) bond motifs is 1. The van der Waals surface area contributed by atoms with Crippen LogP contribution in [-0.2, 0) is 11.2 Å². The molecule has 26 heavy (non-hydrogen) atoms.